The minimum Gasteiger partial charge on any atom is -0.322 e. The Labute approximate surface area is 190 Å². The molecule has 4 rings (SSSR count). The number of hydrogen-bond acceptors (Lipinski definition) is 5. The molecule has 1 fully saturated rings. The third kappa shape index (κ3) is 4.35. The summed E-state index contributed by atoms with van der Waals surface area (Å²) in [6.07, 6.45) is 6.60. The van der Waals surface area contributed by atoms with Crippen molar-refractivity contribution in [1.29, 1.82) is 0 Å². The topological polar surface area (TPSA) is 79.7 Å². The summed E-state index contributed by atoms with van der Waals surface area (Å²) in [7, 11) is 0. The number of nitrogens with one attached hydrogen (secondary N) is 1. The predicted molar refractivity (Wildman–Crippen MR) is 128 cm³/mol. The molecule has 7 nitrogen and oxygen atoms in total. The van der Waals surface area contributed by atoms with E-state index in [4.69, 9.17) is 0 Å². The molecule has 2 heterocycles. The van der Waals surface area contributed by atoms with Gasteiger partial charge in [0.2, 0.25) is 0 Å². The lowest BCUT2D eigenvalue weighted by atomic mass is 10.00. The van der Waals surface area contributed by atoms with Crippen LogP contribution in [0.4, 0.5) is 0 Å². The lowest BCUT2D eigenvalue weighted by Gasteiger charge is -2.36. The molecule has 172 valence electrons. The van der Waals surface area contributed by atoms with E-state index in [2.05, 4.69) is 72.2 Å². The highest BCUT2D eigenvalue weighted by Crippen LogP contribution is 2.35. The van der Waals surface area contributed by atoms with Gasteiger partial charge in [-0.05, 0) is 80.5 Å². The summed E-state index contributed by atoms with van der Waals surface area (Å²) in [5, 5.41) is 14.0. The smallest absolute Gasteiger partial charge is 0.252 e. The maximum absolute atomic E-state index is 13.0. The molecule has 1 unspecified atom stereocenters. The van der Waals surface area contributed by atoms with E-state index in [1.807, 2.05) is 16.8 Å². The number of pyridine rings is 1. The van der Waals surface area contributed by atoms with Crippen LogP contribution in [0.25, 0.3) is 10.9 Å². The van der Waals surface area contributed by atoms with Gasteiger partial charge in [0.15, 0.2) is 5.82 Å². The van der Waals surface area contributed by atoms with Crippen LogP contribution in [-0.2, 0) is 12.1 Å². The van der Waals surface area contributed by atoms with Crippen LogP contribution in [0.5, 0.6) is 0 Å². The monoisotopic (exact) mass is 436 g/mol. The van der Waals surface area contributed by atoms with Crippen molar-refractivity contribution >= 4 is 10.9 Å². The number of nitrogens with zero attached hydrogens (tertiary/aromatic N) is 5. The Bertz CT molecular complexity index is 1120. The molecule has 1 atom stereocenters. The van der Waals surface area contributed by atoms with Crippen LogP contribution in [0.1, 0.15) is 89.2 Å². The molecule has 0 aliphatic heterocycles. The van der Waals surface area contributed by atoms with Gasteiger partial charge in [0.1, 0.15) is 0 Å². The molecule has 1 saturated carbocycles. The number of aromatic amines is 1. The first-order chi connectivity index (χ1) is 15.3. The van der Waals surface area contributed by atoms with Crippen LogP contribution in [0.15, 0.2) is 29.1 Å². The van der Waals surface area contributed by atoms with E-state index >= 15 is 0 Å². The molecule has 1 N–H and O–H groups in total. The summed E-state index contributed by atoms with van der Waals surface area (Å²) in [5.41, 5.74) is 2.72. The highest BCUT2D eigenvalue weighted by atomic mass is 16.1. The summed E-state index contributed by atoms with van der Waals surface area (Å²) in [5.74, 6) is 0.902. The fourth-order valence-corrected chi connectivity index (χ4v) is 4.96. The van der Waals surface area contributed by atoms with Gasteiger partial charge in [0.05, 0.1) is 11.6 Å². The molecule has 1 aliphatic carbocycles. The van der Waals surface area contributed by atoms with Crippen molar-refractivity contribution in [1.82, 2.24) is 30.1 Å². The molecule has 3 aromatic rings. The Morgan fingerprint density at radius 3 is 2.66 bits per heavy atom. The Kier molecular flexibility index (Phi) is 6.47. The first-order valence-electron chi connectivity index (χ1n) is 12.0. The van der Waals surface area contributed by atoms with Gasteiger partial charge in [-0.25, -0.2) is 4.68 Å². The summed E-state index contributed by atoms with van der Waals surface area (Å²) in [6.45, 7) is 11.4. The van der Waals surface area contributed by atoms with Crippen molar-refractivity contribution in [3.05, 3.63) is 51.6 Å². The van der Waals surface area contributed by atoms with E-state index in [0.29, 0.717) is 12.6 Å². The Morgan fingerprint density at radius 1 is 1.22 bits per heavy atom. The van der Waals surface area contributed by atoms with E-state index in [-0.39, 0.29) is 17.1 Å². The maximum atomic E-state index is 13.0. The van der Waals surface area contributed by atoms with E-state index < -0.39 is 0 Å². The number of tetrazole rings is 1. The molecule has 0 bridgehead atoms. The Hall–Kier alpha value is -2.54. The van der Waals surface area contributed by atoms with Crippen molar-refractivity contribution in [2.75, 3.05) is 0 Å². The Morgan fingerprint density at radius 2 is 1.97 bits per heavy atom. The highest BCUT2D eigenvalue weighted by molar-refractivity contribution is 5.79. The minimum absolute atomic E-state index is 0.00678. The summed E-state index contributed by atoms with van der Waals surface area (Å²) in [6, 6.07) is 8.71. The van der Waals surface area contributed by atoms with Gasteiger partial charge in [-0.3, -0.25) is 9.69 Å². The van der Waals surface area contributed by atoms with E-state index in [9.17, 15) is 4.79 Å². The fraction of sp³-hybridized carbons (Fsp3) is 0.600. The van der Waals surface area contributed by atoms with Gasteiger partial charge in [0.25, 0.3) is 5.56 Å². The van der Waals surface area contributed by atoms with Gasteiger partial charge in [0, 0.05) is 23.7 Å². The number of H-pyrrole nitrogens is 1. The largest absolute Gasteiger partial charge is 0.322 e. The summed E-state index contributed by atoms with van der Waals surface area (Å²) >= 11 is 0. The number of aromatic nitrogens is 5. The van der Waals surface area contributed by atoms with Gasteiger partial charge >= 0.3 is 0 Å². The van der Waals surface area contributed by atoms with E-state index in [0.717, 1.165) is 48.0 Å². The van der Waals surface area contributed by atoms with Crippen molar-refractivity contribution in [2.45, 2.75) is 97.3 Å². The van der Waals surface area contributed by atoms with Crippen LogP contribution >= 0.6 is 0 Å². The minimum atomic E-state index is -0.161. The molecule has 32 heavy (non-hydrogen) atoms. The normalized spacial score (nSPS) is 16.3. The first kappa shape index (κ1) is 22.6. The van der Waals surface area contributed by atoms with Crippen molar-refractivity contribution in [2.24, 2.45) is 0 Å². The fourth-order valence-electron chi connectivity index (χ4n) is 4.96. The van der Waals surface area contributed by atoms with Gasteiger partial charge in [-0.1, -0.05) is 38.3 Å². The van der Waals surface area contributed by atoms with Crippen molar-refractivity contribution in [3.63, 3.8) is 0 Å². The van der Waals surface area contributed by atoms with Crippen LogP contribution in [-0.4, -0.2) is 36.1 Å². The number of aryl methyl sites for hydroxylation is 1. The van der Waals surface area contributed by atoms with Gasteiger partial charge in [-0.15, -0.1) is 5.10 Å². The maximum Gasteiger partial charge on any atom is 0.252 e. The zero-order valence-electron chi connectivity index (χ0n) is 20.1. The highest BCUT2D eigenvalue weighted by Gasteiger charge is 2.35. The average Bonchev–Trinajstić information content (AvgIpc) is 3.47. The van der Waals surface area contributed by atoms with Crippen LogP contribution in [0.3, 0.4) is 0 Å². The van der Waals surface area contributed by atoms with Crippen LogP contribution in [0, 0.1) is 6.92 Å². The van der Waals surface area contributed by atoms with E-state index in [1.54, 1.807) is 0 Å². The first-order valence-corrected chi connectivity index (χ1v) is 12.0. The molecule has 0 radical (unpaired) electrons. The predicted octanol–water partition coefficient (Wildman–Crippen LogP) is 4.86. The second-order valence-electron chi connectivity index (χ2n) is 9.86. The molecule has 1 aliphatic rings. The third-order valence-electron chi connectivity index (χ3n) is 7.24. The number of fused-ring (bicyclic) bond motifs is 1. The van der Waals surface area contributed by atoms with Crippen molar-refractivity contribution in [3.8, 4) is 0 Å². The molecule has 7 heteroatoms. The second kappa shape index (κ2) is 9.14. The second-order valence-corrected chi connectivity index (χ2v) is 9.86. The molecular formula is C25H36N6O. The molecule has 1 aromatic carbocycles. The molecule has 0 saturated heterocycles. The molecule has 0 spiro atoms. The van der Waals surface area contributed by atoms with Gasteiger partial charge in [-0.2, -0.15) is 0 Å². The standard InChI is InChI=1S/C25H36N6O/c1-6-22(23-27-28-29-31(23)25(4,5)7-2)30(20-10-8-9-11-20)16-19-15-18-14-17(3)12-13-21(18)26-24(19)32/h12-15,20,22H,6-11,16H2,1-5H3,(H,26,32). The molecular weight excluding hydrogens is 400 g/mol. The zero-order valence-corrected chi connectivity index (χ0v) is 20.1. The number of benzene rings is 1. The van der Waals surface area contributed by atoms with Crippen LogP contribution in [0.2, 0.25) is 0 Å². The SMILES string of the molecule is CCC(c1nnnn1C(C)(C)CC)N(Cc1cc2cc(C)ccc2[nH]c1=O)C1CCCC1. The average molecular weight is 437 g/mol. The molecule has 0 amide bonds. The summed E-state index contributed by atoms with van der Waals surface area (Å²) < 4.78 is 2.00. The number of rotatable bonds is 8. The lowest BCUT2D eigenvalue weighted by molar-refractivity contribution is 0.106. The number of hydrogen-bond donors (Lipinski definition) is 1. The van der Waals surface area contributed by atoms with E-state index in [1.165, 1.54) is 18.4 Å². The lowest BCUT2D eigenvalue weighted by Crippen LogP contribution is -2.40. The zero-order chi connectivity index (χ0) is 22.9. The quantitative estimate of drug-likeness (QED) is 0.545. The summed E-state index contributed by atoms with van der Waals surface area (Å²) in [4.78, 5) is 18.6. The molecule has 2 aromatic heterocycles. The van der Waals surface area contributed by atoms with Gasteiger partial charge < -0.3 is 4.98 Å². The van der Waals surface area contributed by atoms with Crippen LogP contribution < -0.4 is 5.56 Å². The third-order valence-corrected chi connectivity index (χ3v) is 7.24. The Balaban J connectivity index is 1.75. The van der Waals surface area contributed by atoms with Crippen molar-refractivity contribution < 1.29 is 0 Å².